The Morgan fingerprint density at radius 2 is 1.85 bits per heavy atom. The second-order valence-corrected chi connectivity index (χ2v) is 4.34. The summed E-state index contributed by atoms with van der Waals surface area (Å²) in [6.07, 6.45) is 1.11. The van der Waals surface area contributed by atoms with Gasteiger partial charge in [-0.1, -0.05) is 5.21 Å². The molecule has 1 N–H and O–H groups in total. The molecule has 0 aliphatic carbocycles. The van der Waals surface area contributed by atoms with E-state index < -0.39 is 6.10 Å². The molecule has 0 saturated heterocycles. The largest absolute Gasteiger partial charge is 0.494 e. The minimum absolute atomic E-state index is 0.483. The second-order valence-electron chi connectivity index (χ2n) is 4.34. The maximum Gasteiger partial charge on any atom is 0.119 e. The summed E-state index contributed by atoms with van der Waals surface area (Å²) < 4.78 is 12.6. The van der Waals surface area contributed by atoms with E-state index in [9.17, 15) is 5.11 Å². The van der Waals surface area contributed by atoms with Gasteiger partial charge >= 0.3 is 0 Å². The summed E-state index contributed by atoms with van der Waals surface area (Å²) in [5.74, 6) is 1.61. The molecule has 6 heteroatoms. The Kier molecular flexibility index (Phi) is 4.95. The fourth-order valence-corrected chi connectivity index (χ4v) is 1.67. The van der Waals surface area contributed by atoms with Crippen molar-refractivity contribution < 1.29 is 14.6 Å². The quantitative estimate of drug-likeness (QED) is 0.836. The molecule has 1 aromatic carbocycles. The zero-order chi connectivity index (χ0) is 14.4. The van der Waals surface area contributed by atoms with Gasteiger partial charge in [-0.15, -0.1) is 5.10 Å². The van der Waals surface area contributed by atoms with Crippen molar-refractivity contribution >= 4 is 0 Å². The number of rotatable bonds is 7. The average molecular weight is 277 g/mol. The topological polar surface area (TPSA) is 69.4 Å². The minimum Gasteiger partial charge on any atom is -0.494 e. The van der Waals surface area contributed by atoms with Crippen molar-refractivity contribution in [1.29, 1.82) is 0 Å². The number of aliphatic hydroxyl groups excluding tert-OH is 1. The molecule has 1 aromatic heterocycles. The van der Waals surface area contributed by atoms with Crippen LogP contribution >= 0.6 is 0 Å². The maximum absolute atomic E-state index is 9.35. The summed E-state index contributed by atoms with van der Waals surface area (Å²) in [5, 5.41) is 17.1. The van der Waals surface area contributed by atoms with Gasteiger partial charge in [-0.3, -0.25) is 0 Å². The van der Waals surface area contributed by atoms with E-state index in [1.54, 1.807) is 17.8 Å². The number of aromatic nitrogens is 3. The molecule has 0 bridgehead atoms. The number of hydrogen-bond donors (Lipinski definition) is 1. The van der Waals surface area contributed by atoms with Crippen LogP contribution < -0.4 is 9.47 Å². The molecular formula is C14H19N3O3. The highest BCUT2D eigenvalue weighted by molar-refractivity contribution is 5.31. The van der Waals surface area contributed by atoms with Gasteiger partial charge in [0.1, 0.15) is 23.8 Å². The van der Waals surface area contributed by atoms with Gasteiger partial charge < -0.3 is 14.6 Å². The molecule has 0 radical (unpaired) electrons. The lowest BCUT2D eigenvalue weighted by Gasteiger charge is -2.07. The molecule has 0 spiro atoms. The zero-order valence-electron chi connectivity index (χ0n) is 11.7. The van der Waals surface area contributed by atoms with E-state index in [2.05, 4.69) is 10.3 Å². The summed E-state index contributed by atoms with van der Waals surface area (Å²) >= 11 is 0. The molecule has 6 nitrogen and oxygen atoms in total. The van der Waals surface area contributed by atoms with Gasteiger partial charge in [-0.05, 0) is 38.1 Å². The van der Waals surface area contributed by atoms with Crippen molar-refractivity contribution in [1.82, 2.24) is 15.0 Å². The van der Waals surface area contributed by atoms with Gasteiger partial charge in [-0.25, -0.2) is 4.68 Å². The van der Waals surface area contributed by atoms with E-state index >= 15 is 0 Å². The first-order valence-corrected chi connectivity index (χ1v) is 6.63. The SMILES string of the molecule is CCOc1ccc(OCCn2cc(C(C)O)nn2)cc1. The Morgan fingerprint density at radius 3 is 2.40 bits per heavy atom. The fourth-order valence-electron chi connectivity index (χ4n) is 1.67. The van der Waals surface area contributed by atoms with Crippen molar-refractivity contribution in [3.8, 4) is 11.5 Å². The third-order valence-corrected chi connectivity index (χ3v) is 2.71. The van der Waals surface area contributed by atoms with Gasteiger partial charge in [0, 0.05) is 0 Å². The number of ether oxygens (including phenoxy) is 2. The zero-order valence-corrected chi connectivity index (χ0v) is 11.7. The van der Waals surface area contributed by atoms with E-state index in [1.807, 2.05) is 31.2 Å². The molecule has 0 aliphatic heterocycles. The van der Waals surface area contributed by atoms with Gasteiger partial charge in [0.2, 0.25) is 0 Å². The van der Waals surface area contributed by atoms with Crippen LogP contribution in [-0.4, -0.2) is 33.3 Å². The highest BCUT2D eigenvalue weighted by Gasteiger charge is 2.06. The molecular weight excluding hydrogens is 258 g/mol. The van der Waals surface area contributed by atoms with E-state index in [0.29, 0.717) is 25.5 Å². The van der Waals surface area contributed by atoms with Crippen LogP contribution in [0, 0.1) is 0 Å². The highest BCUT2D eigenvalue weighted by Crippen LogP contribution is 2.17. The third-order valence-electron chi connectivity index (χ3n) is 2.71. The summed E-state index contributed by atoms with van der Waals surface area (Å²) in [7, 11) is 0. The van der Waals surface area contributed by atoms with Crippen molar-refractivity contribution in [2.24, 2.45) is 0 Å². The molecule has 2 rings (SSSR count). The van der Waals surface area contributed by atoms with Crippen LogP contribution in [0.1, 0.15) is 25.6 Å². The first-order chi connectivity index (χ1) is 9.69. The normalized spacial score (nSPS) is 12.2. The average Bonchev–Trinajstić information content (AvgIpc) is 2.90. The molecule has 1 heterocycles. The predicted octanol–water partition coefficient (Wildman–Crippen LogP) is 1.81. The Morgan fingerprint density at radius 1 is 1.20 bits per heavy atom. The van der Waals surface area contributed by atoms with Crippen molar-refractivity contribution in [3.05, 3.63) is 36.2 Å². The van der Waals surface area contributed by atoms with Gasteiger partial charge in [0.15, 0.2) is 0 Å². The monoisotopic (exact) mass is 277 g/mol. The number of aliphatic hydroxyl groups is 1. The second kappa shape index (κ2) is 6.91. The maximum atomic E-state index is 9.35. The summed E-state index contributed by atoms with van der Waals surface area (Å²) in [6.45, 7) is 5.32. The summed E-state index contributed by atoms with van der Waals surface area (Å²) in [6, 6.07) is 7.49. The first kappa shape index (κ1) is 14.3. The molecule has 20 heavy (non-hydrogen) atoms. The Bertz CT molecular complexity index is 523. The van der Waals surface area contributed by atoms with Crippen LogP contribution in [0.25, 0.3) is 0 Å². The fraction of sp³-hybridized carbons (Fsp3) is 0.429. The van der Waals surface area contributed by atoms with E-state index in [0.717, 1.165) is 11.5 Å². The molecule has 1 unspecified atom stereocenters. The molecule has 0 fully saturated rings. The lowest BCUT2D eigenvalue weighted by molar-refractivity contribution is 0.194. The van der Waals surface area contributed by atoms with Crippen LogP contribution in [-0.2, 0) is 6.54 Å². The Hall–Kier alpha value is -2.08. The lowest BCUT2D eigenvalue weighted by Crippen LogP contribution is -2.08. The van der Waals surface area contributed by atoms with Crippen molar-refractivity contribution in [3.63, 3.8) is 0 Å². The van der Waals surface area contributed by atoms with Gasteiger partial charge in [0.05, 0.1) is 25.5 Å². The smallest absolute Gasteiger partial charge is 0.119 e. The Balaban J connectivity index is 1.79. The lowest BCUT2D eigenvalue weighted by atomic mass is 10.3. The molecule has 0 saturated carbocycles. The van der Waals surface area contributed by atoms with Crippen LogP contribution in [0.15, 0.2) is 30.5 Å². The Labute approximate surface area is 117 Å². The third kappa shape index (κ3) is 3.96. The number of benzene rings is 1. The minimum atomic E-state index is -0.601. The molecule has 0 amide bonds. The van der Waals surface area contributed by atoms with Crippen LogP contribution in [0.3, 0.4) is 0 Å². The van der Waals surface area contributed by atoms with Gasteiger partial charge in [-0.2, -0.15) is 0 Å². The molecule has 108 valence electrons. The van der Waals surface area contributed by atoms with Crippen LogP contribution in [0.2, 0.25) is 0 Å². The number of nitrogens with zero attached hydrogens (tertiary/aromatic N) is 3. The van der Waals surface area contributed by atoms with Crippen molar-refractivity contribution in [2.45, 2.75) is 26.5 Å². The standard InChI is InChI=1S/C14H19N3O3/c1-3-19-12-4-6-13(7-5-12)20-9-8-17-10-14(11(2)18)15-16-17/h4-7,10-11,18H,3,8-9H2,1-2H3. The van der Waals surface area contributed by atoms with E-state index in [1.165, 1.54) is 0 Å². The van der Waals surface area contributed by atoms with Crippen molar-refractivity contribution in [2.75, 3.05) is 13.2 Å². The summed E-state index contributed by atoms with van der Waals surface area (Å²) in [5.41, 5.74) is 0.561. The highest BCUT2D eigenvalue weighted by atomic mass is 16.5. The van der Waals surface area contributed by atoms with Gasteiger partial charge in [0.25, 0.3) is 0 Å². The number of hydrogen-bond acceptors (Lipinski definition) is 5. The van der Waals surface area contributed by atoms with Crippen LogP contribution in [0.5, 0.6) is 11.5 Å². The summed E-state index contributed by atoms with van der Waals surface area (Å²) in [4.78, 5) is 0. The first-order valence-electron chi connectivity index (χ1n) is 6.63. The molecule has 2 aromatic rings. The van der Waals surface area contributed by atoms with Crippen LogP contribution in [0.4, 0.5) is 0 Å². The predicted molar refractivity (Wildman–Crippen MR) is 73.8 cm³/mol. The van der Waals surface area contributed by atoms with E-state index in [4.69, 9.17) is 9.47 Å². The van der Waals surface area contributed by atoms with E-state index in [-0.39, 0.29) is 0 Å². The molecule has 0 aliphatic rings. The molecule has 1 atom stereocenters.